The highest BCUT2D eigenvalue weighted by Crippen LogP contribution is 2.20. The smallest absolute Gasteiger partial charge is 0.306 e. The van der Waals surface area contributed by atoms with Crippen LogP contribution in [0.5, 0.6) is 0 Å². The second-order valence-corrected chi connectivity index (χ2v) is 8.17. The van der Waals surface area contributed by atoms with E-state index in [9.17, 15) is 9.59 Å². The molecule has 170 valence electrons. The molecule has 0 radical (unpaired) electrons. The van der Waals surface area contributed by atoms with Gasteiger partial charge in [0.1, 0.15) is 5.84 Å². The number of amidine groups is 1. The molecule has 0 atom stereocenters. The SMILES string of the molecule is CCN(C=O)C(=N)CCCc1ccc(-c2ccc(NC(=O)NSc3ccccc3)cn2)cc1. The number of rotatable bonds is 10. The number of aryl methyl sites for hydroxylation is 1. The van der Waals surface area contributed by atoms with Gasteiger partial charge in [-0.15, -0.1) is 0 Å². The average Bonchev–Trinajstić information content (AvgIpc) is 2.85. The van der Waals surface area contributed by atoms with E-state index in [0.29, 0.717) is 30.9 Å². The molecule has 0 saturated carbocycles. The minimum Gasteiger partial charge on any atom is -0.306 e. The molecule has 3 amide bonds. The van der Waals surface area contributed by atoms with Gasteiger partial charge in [-0.1, -0.05) is 42.5 Å². The zero-order valence-electron chi connectivity index (χ0n) is 18.5. The average molecular weight is 462 g/mol. The number of nitrogens with zero attached hydrogens (tertiary/aromatic N) is 2. The number of carbonyl (C=O) groups excluding carboxylic acids is 2. The number of amides is 3. The molecule has 3 aromatic rings. The molecule has 0 bridgehead atoms. The first-order chi connectivity index (χ1) is 16.1. The molecular weight excluding hydrogens is 434 g/mol. The molecule has 3 N–H and O–H groups in total. The molecule has 0 fully saturated rings. The third-order valence-corrected chi connectivity index (χ3v) is 5.76. The van der Waals surface area contributed by atoms with E-state index >= 15 is 0 Å². The van der Waals surface area contributed by atoms with Crippen LogP contribution in [-0.4, -0.2) is 34.7 Å². The molecule has 0 unspecified atom stereocenters. The van der Waals surface area contributed by atoms with Gasteiger partial charge in [-0.05, 0) is 61.5 Å². The van der Waals surface area contributed by atoms with Gasteiger partial charge in [0.2, 0.25) is 6.41 Å². The molecule has 1 heterocycles. The Labute approximate surface area is 198 Å². The third-order valence-electron chi connectivity index (χ3n) is 4.97. The van der Waals surface area contributed by atoms with Gasteiger partial charge in [-0.2, -0.15) is 0 Å². The summed E-state index contributed by atoms with van der Waals surface area (Å²) < 4.78 is 2.74. The first-order valence-electron chi connectivity index (χ1n) is 10.7. The van der Waals surface area contributed by atoms with Crippen molar-refractivity contribution in [3.63, 3.8) is 0 Å². The maximum Gasteiger partial charge on any atom is 0.329 e. The van der Waals surface area contributed by atoms with Crippen LogP contribution in [0, 0.1) is 5.41 Å². The molecule has 7 nitrogen and oxygen atoms in total. The quantitative estimate of drug-likeness (QED) is 0.164. The summed E-state index contributed by atoms with van der Waals surface area (Å²) in [6.45, 7) is 2.38. The number of hydrogen-bond acceptors (Lipinski definition) is 5. The molecule has 0 spiro atoms. The molecule has 0 aliphatic carbocycles. The Kier molecular flexibility index (Phi) is 9.02. The Hall–Kier alpha value is -3.65. The maximum absolute atomic E-state index is 12.1. The van der Waals surface area contributed by atoms with Crippen LogP contribution in [0.15, 0.2) is 77.8 Å². The van der Waals surface area contributed by atoms with E-state index in [-0.39, 0.29) is 6.03 Å². The molecule has 3 rings (SSSR count). The van der Waals surface area contributed by atoms with Gasteiger partial charge in [-0.25, -0.2) is 4.79 Å². The predicted octanol–water partition coefficient (Wildman–Crippen LogP) is 5.36. The van der Waals surface area contributed by atoms with Crippen molar-refractivity contribution in [1.29, 1.82) is 5.41 Å². The largest absolute Gasteiger partial charge is 0.329 e. The molecule has 2 aromatic carbocycles. The van der Waals surface area contributed by atoms with E-state index in [0.717, 1.165) is 29.0 Å². The van der Waals surface area contributed by atoms with Crippen LogP contribution in [0.4, 0.5) is 10.5 Å². The lowest BCUT2D eigenvalue weighted by Crippen LogP contribution is -2.28. The lowest BCUT2D eigenvalue weighted by atomic mass is 10.0. The lowest BCUT2D eigenvalue weighted by molar-refractivity contribution is -0.114. The van der Waals surface area contributed by atoms with E-state index in [1.165, 1.54) is 22.4 Å². The van der Waals surface area contributed by atoms with Crippen molar-refractivity contribution < 1.29 is 9.59 Å². The van der Waals surface area contributed by atoms with Gasteiger partial charge in [0.15, 0.2) is 0 Å². The number of anilines is 1. The first kappa shape index (κ1) is 24.0. The number of nitrogens with one attached hydrogen (secondary N) is 3. The summed E-state index contributed by atoms with van der Waals surface area (Å²) in [6.07, 6.45) is 4.56. The summed E-state index contributed by atoms with van der Waals surface area (Å²) in [7, 11) is 0. The second kappa shape index (κ2) is 12.4. The number of urea groups is 1. The van der Waals surface area contributed by atoms with Gasteiger partial charge < -0.3 is 10.2 Å². The van der Waals surface area contributed by atoms with Gasteiger partial charge in [0.25, 0.3) is 0 Å². The lowest BCUT2D eigenvalue weighted by Gasteiger charge is -2.15. The predicted molar refractivity (Wildman–Crippen MR) is 133 cm³/mol. The van der Waals surface area contributed by atoms with Crippen molar-refractivity contribution >= 4 is 35.9 Å². The third kappa shape index (κ3) is 7.47. The summed E-state index contributed by atoms with van der Waals surface area (Å²) >= 11 is 1.25. The highest BCUT2D eigenvalue weighted by molar-refractivity contribution is 7.98. The maximum atomic E-state index is 12.1. The number of pyridine rings is 1. The van der Waals surface area contributed by atoms with Crippen LogP contribution in [0.25, 0.3) is 11.3 Å². The van der Waals surface area contributed by atoms with E-state index < -0.39 is 0 Å². The summed E-state index contributed by atoms with van der Waals surface area (Å²) in [4.78, 5) is 29.8. The van der Waals surface area contributed by atoms with Crippen molar-refractivity contribution in [2.75, 3.05) is 11.9 Å². The van der Waals surface area contributed by atoms with Gasteiger partial charge in [0, 0.05) is 23.4 Å². The number of carbonyl (C=O) groups is 2. The number of hydrogen-bond donors (Lipinski definition) is 3. The van der Waals surface area contributed by atoms with Gasteiger partial charge in [-0.3, -0.25) is 19.9 Å². The molecular formula is C25H27N5O2S. The standard InChI is InChI=1S/C25H27N5O2S/c1-2-30(18-31)24(26)10-6-7-19-11-13-20(14-12-19)23-16-15-21(17-27-23)28-25(32)29-33-22-8-4-3-5-9-22/h3-5,8-9,11-18,26H,2,6-7,10H2,1H3,(H2,28,29,32). The minimum absolute atomic E-state index is 0.314. The number of aromatic nitrogens is 1. The summed E-state index contributed by atoms with van der Waals surface area (Å²) in [5.41, 5.74) is 3.59. The van der Waals surface area contributed by atoms with Crippen molar-refractivity contribution in [2.24, 2.45) is 0 Å². The normalized spacial score (nSPS) is 10.3. The molecule has 1 aromatic heterocycles. The Morgan fingerprint density at radius 3 is 2.48 bits per heavy atom. The van der Waals surface area contributed by atoms with Crippen molar-refractivity contribution in [3.05, 3.63) is 78.5 Å². The van der Waals surface area contributed by atoms with Gasteiger partial charge in [0.05, 0.1) is 17.6 Å². The monoisotopic (exact) mass is 461 g/mol. The van der Waals surface area contributed by atoms with Crippen LogP contribution in [0.1, 0.15) is 25.3 Å². The van der Waals surface area contributed by atoms with Crippen molar-refractivity contribution in [3.8, 4) is 11.3 Å². The Morgan fingerprint density at radius 2 is 1.85 bits per heavy atom. The topological polar surface area (TPSA) is 98.2 Å². The Balaban J connectivity index is 1.47. The van der Waals surface area contributed by atoms with E-state index in [4.69, 9.17) is 5.41 Å². The summed E-state index contributed by atoms with van der Waals surface area (Å²) in [6, 6.07) is 21.1. The second-order valence-electron chi connectivity index (χ2n) is 7.29. The van der Waals surface area contributed by atoms with Crippen LogP contribution < -0.4 is 10.0 Å². The van der Waals surface area contributed by atoms with Crippen LogP contribution in [0.2, 0.25) is 0 Å². The minimum atomic E-state index is -0.314. The number of benzene rings is 2. The van der Waals surface area contributed by atoms with Crippen LogP contribution in [-0.2, 0) is 11.2 Å². The highest BCUT2D eigenvalue weighted by atomic mass is 32.2. The molecule has 0 saturated heterocycles. The zero-order chi connectivity index (χ0) is 23.5. The Morgan fingerprint density at radius 1 is 1.09 bits per heavy atom. The first-order valence-corrected chi connectivity index (χ1v) is 11.5. The van der Waals surface area contributed by atoms with E-state index in [1.807, 2.05) is 61.5 Å². The molecule has 8 heteroatoms. The summed E-state index contributed by atoms with van der Waals surface area (Å²) in [5, 5.41) is 10.7. The van der Waals surface area contributed by atoms with E-state index in [1.54, 1.807) is 6.20 Å². The Bertz CT molecular complexity index is 1060. The van der Waals surface area contributed by atoms with Crippen molar-refractivity contribution in [1.82, 2.24) is 14.6 Å². The fraction of sp³-hybridized carbons (Fsp3) is 0.200. The fourth-order valence-corrected chi connectivity index (χ4v) is 3.72. The van der Waals surface area contributed by atoms with Crippen LogP contribution >= 0.6 is 11.9 Å². The fourth-order valence-electron chi connectivity index (χ4n) is 3.16. The molecule has 0 aliphatic heterocycles. The summed E-state index contributed by atoms with van der Waals surface area (Å²) in [5.74, 6) is 0.356. The molecule has 0 aliphatic rings. The highest BCUT2D eigenvalue weighted by Gasteiger charge is 2.07. The zero-order valence-corrected chi connectivity index (χ0v) is 19.3. The molecule has 33 heavy (non-hydrogen) atoms. The van der Waals surface area contributed by atoms with Gasteiger partial charge >= 0.3 is 6.03 Å². The van der Waals surface area contributed by atoms with Crippen molar-refractivity contribution in [2.45, 2.75) is 31.1 Å². The van der Waals surface area contributed by atoms with E-state index in [2.05, 4.69) is 27.2 Å². The van der Waals surface area contributed by atoms with Crippen LogP contribution in [0.3, 0.4) is 0 Å².